The molecule has 2 aromatic heterocycles. The molecule has 6 heteroatoms. The summed E-state index contributed by atoms with van der Waals surface area (Å²) < 4.78 is 20.7. The lowest BCUT2D eigenvalue weighted by Gasteiger charge is -2.07. The van der Waals surface area contributed by atoms with Gasteiger partial charge in [0.2, 0.25) is 0 Å². The first-order chi connectivity index (χ1) is 6.79. The van der Waals surface area contributed by atoms with Crippen LogP contribution in [0.1, 0.15) is 17.4 Å². The summed E-state index contributed by atoms with van der Waals surface area (Å²) in [5, 5.41) is 9.70. The van der Waals surface area contributed by atoms with Gasteiger partial charge in [0.15, 0.2) is 0 Å². The van der Waals surface area contributed by atoms with E-state index in [1.54, 1.807) is 0 Å². The van der Waals surface area contributed by atoms with Gasteiger partial charge in [-0.05, 0) is 6.07 Å². The van der Waals surface area contributed by atoms with Gasteiger partial charge in [-0.3, -0.25) is 4.98 Å². The predicted octanol–water partition coefficient (Wildman–Crippen LogP) is 1.15. The smallest absolute Gasteiger partial charge is 0.147 e. The Morgan fingerprint density at radius 3 is 2.93 bits per heavy atom. The molecule has 0 aromatic carbocycles. The van der Waals surface area contributed by atoms with Crippen molar-refractivity contribution in [2.45, 2.75) is 6.10 Å². The van der Waals surface area contributed by atoms with Crippen LogP contribution in [0.15, 0.2) is 24.7 Å². The van der Waals surface area contributed by atoms with Gasteiger partial charge in [-0.1, -0.05) is 0 Å². The maximum atomic E-state index is 13.2. The topological polar surface area (TPSA) is 58.9 Å². The number of aliphatic hydroxyl groups is 1. The monoisotopic (exact) mass is 211 g/mol. The standard InChI is InChI=1S/C8H6FN3OS/c9-6-3-10-2-1-5(6)8(13)7-4-11-14-12-7/h1-4,8,13H. The molecule has 2 rings (SSSR count). The summed E-state index contributed by atoms with van der Waals surface area (Å²) in [6.45, 7) is 0. The van der Waals surface area contributed by atoms with Crippen LogP contribution in [0.5, 0.6) is 0 Å². The number of hydrogen-bond donors (Lipinski definition) is 1. The van der Waals surface area contributed by atoms with Crippen LogP contribution in [0.4, 0.5) is 4.39 Å². The Balaban J connectivity index is 2.37. The predicted molar refractivity (Wildman–Crippen MR) is 48.2 cm³/mol. The highest BCUT2D eigenvalue weighted by Gasteiger charge is 2.16. The molecule has 1 unspecified atom stereocenters. The molecule has 0 bridgehead atoms. The molecule has 0 amide bonds. The lowest BCUT2D eigenvalue weighted by atomic mass is 10.1. The van der Waals surface area contributed by atoms with E-state index in [0.29, 0.717) is 5.69 Å². The van der Waals surface area contributed by atoms with Crippen molar-refractivity contribution in [3.8, 4) is 0 Å². The van der Waals surface area contributed by atoms with Crippen molar-refractivity contribution in [3.05, 3.63) is 41.7 Å². The zero-order valence-electron chi connectivity index (χ0n) is 6.96. The Hall–Kier alpha value is -1.40. The number of nitrogens with zero attached hydrogens (tertiary/aromatic N) is 3. The summed E-state index contributed by atoms with van der Waals surface area (Å²) in [5.74, 6) is -0.548. The molecule has 4 nitrogen and oxygen atoms in total. The fraction of sp³-hybridized carbons (Fsp3) is 0.125. The van der Waals surface area contributed by atoms with Gasteiger partial charge in [-0.25, -0.2) is 4.39 Å². The van der Waals surface area contributed by atoms with Gasteiger partial charge in [-0.15, -0.1) is 0 Å². The molecule has 0 aliphatic rings. The molecule has 0 saturated heterocycles. The van der Waals surface area contributed by atoms with Gasteiger partial charge in [-0.2, -0.15) is 8.75 Å². The van der Waals surface area contributed by atoms with E-state index in [1.807, 2.05) is 0 Å². The number of aliphatic hydroxyl groups excluding tert-OH is 1. The first-order valence-electron chi connectivity index (χ1n) is 3.84. The Kier molecular flexibility index (Phi) is 2.47. The number of hydrogen-bond acceptors (Lipinski definition) is 5. The summed E-state index contributed by atoms with van der Waals surface area (Å²) in [7, 11) is 0. The quantitative estimate of drug-likeness (QED) is 0.809. The fourth-order valence-electron chi connectivity index (χ4n) is 1.06. The van der Waals surface area contributed by atoms with E-state index in [2.05, 4.69) is 13.7 Å². The molecule has 1 N–H and O–H groups in total. The zero-order valence-corrected chi connectivity index (χ0v) is 7.78. The summed E-state index contributed by atoms with van der Waals surface area (Å²) in [4.78, 5) is 3.59. The number of aromatic nitrogens is 3. The first-order valence-corrected chi connectivity index (χ1v) is 4.57. The molecular weight excluding hydrogens is 205 g/mol. The second-order valence-electron chi connectivity index (χ2n) is 2.63. The Morgan fingerprint density at radius 2 is 2.29 bits per heavy atom. The molecule has 0 radical (unpaired) electrons. The highest BCUT2D eigenvalue weighted by molar-refractivity contribution is 6.99. The van der Waals surface area contributed by atoms with E-state index in [1.165, 1.54) is 18.5 Å². The van der Waals surface area contributed by atoms with Crippen molar-refractivity contribution in [1.82, 2.24) is 13.7 Å². The third-order valence-corrected chi connectivity index (χ3v) is 2.25. The summed E-state index contributed by atoms with van der Waals surface area (Å²) in [6.07, 6.45) is 2.81. The molecule has 0 saturated carbocycles. The van der Waals surface area contributed by atoms with E-state index in [0.717, 1.165) is 17.9 Å². The largest absolute Gasteiger partial charge is 0.382 e. The van der Waals surface area contributed by atoms with E-state index in [4.69, 9.17) is 0 Å². The lowest BCUT2D eigenvalue weighted by Crippen LogP contribution is -2.02. The Bertz CT molecular complexity index is 420. The molecule has 0 aliphatic carbocycles. The lowest BCUT2D eigenvalue weighted by molar-refractivity contribution is 0.211. The average Bonchev–Trinajstić information content (AvgIpc) is 2.70. The van der Waals surface area contributed by atoms with Crippen LogP contribution in [0, 0.1) is 5.82 Å². The van der Waals surface area contributed by atoms with E-state index in [9.17, 15) is 9.50 Å². The summed E-state index contributed by atoms with van der Waals surface area (Å²) >= 11 is 0.970. The van der Waals surface area contributed by atoms with E-state index in [-0.39, 0.29) is 5.56 Å². The second kappa shape index (κ2) is 3.77. The minimum atomic E-state index is -1.07. The van der Waals surface area contributed by atoms with Crippen molar-refractivity contribution in [2.75, 3.05) is 0 Å². The zero-order chi connectivity index (χ0) is 9.97. The first kappa shape index (κ1) is 9.17. The van der Waals surface area contributed by atoms with Gasteiger partial charge in [0.1, 0.15) is 17.6 Å². The van der Waals surface area contributed by atoms with Crippen LogP contribution in [0.2, 0.25) is 0 Å². The van der Waals surface area contributed by atoms with Gasteiger partial charge in [0, 0.05) is 11.8 Å². The third kappa shape index (κ3) is 1.61. The highest BCUT2D eigenvalue weighted by Crippen LogP contribution is 2.21. The Morgan fingerprint density at radius 1 is 1.43 bits per heavy atom. The van der Waals surface area contributed by atoms with Crippen molar-refractivity contribution < 1.29 is 9.50 Å². The fourth-order valence-corrected chi connectivity index (χ4v) is 1.50. The van der Waals surface area contributed by atoms with Crippen LogP contribution >= 0.6 is 11.7 Å². The number of halogens is 1. The van der Waals surface area contributed by atoms with Crippen molar-refractivity contribution in [3.63, 3.8) is 0 Å². The van der Waals surface area contributed by atoms with Crippen molar-refractivity contribution >= 4 is 11.7 Å². The molecule has 0 fully saturated rings. The molecule has 14 heavy (non-hydrogen) atoms. The Labute approximate surface area is 83.4 Å². The number of rotatable bonds is 2. The molecule has 72 valence electrons. The second-order valence-corrected chi connectivity index (χ2v) is 3.19. The van der Waals surface area contributed by atoms with Gasteiger partial charge < -0.3 is 5.11 Å². The molecule has 0 aliphatic heterocycles. The van der Waals surface area contributed by atoms with Crippen molar-refractivity contribution in [1.29, 1.82) is 0 Å². The van der Waals surface area contributed by atoms with Crippen LogP contribution in [0.3, 0.4) is 0 Å². The van der Waals surface area contributed by atoms with Gasteiger partial charge in [0.05, 0.1) is 24.1 Å². The maximum Gasteiger partial charge on any atom is 0.147 e. The maximum absolute atomic E-state index is 13.2. The SMILES string of the molecule is OC(c1cnsn1)c1ccncc1F. The number of pyridine rings is 1. The average molecular weight is 211 g/mol. The normalized spacial score (nSPS) is 12.7. The highest BCUT2D eigenvalue weighted by atomic mass is 32.1. The van der Waals surface area contributed by atoms with E-state index < -0.39 is 11.9 Å². The summed E-state index contributed by atoms with van der Waals surface area (Å²) in [5.41, 5.74) is 0.507. The molecule has 2 aromatic rings. The summed E-state index contributed by atoms with van der Waals surface area (Å²) in [6, 6.07) is 1.42. The van der Waals surface area contributed by atoms with Crippen molar-refractivity contribution in [2.24, 2.45) is 0 Å². The van der Waals surface area contributed by atoms with Gasteiger partial charge in [0.25, 0.3) is 0 Å². The minimum Gasteiger partial charge on any atom is -0.382 e. The molecule has 2 heterocycles. The van der Waals surface area contributed by atoms with Crippen LogP contribution in [-0.4, -0.2) is 18.8 Å². The third-order valence-electron chi connectivity index (χ3n) is 1.76. The minimum absolute atomic E-state index is 0.160. The van der Waals surface area contributed by atoms with Crippen LogP contribution < -0.4 is 0 Å². The van der Waals surface area contributed by atoms with E-state index >= 15 is 0 Å². The van der Waals surface area contributed by atoms with Gasteiger partial charge >= 0.3 is 0 Å². The molecular formula is C8H6FN3OS. The van der Waals surface area contributed by atoms with Crippen LogP contribution in [-0.2, 0) is 0 Å². The van der Waals surface area contributed by atoms with Crippen LogP contribution in [0.25, 0.3) is 0 Å². The molecule has 0 spiro atoms. The molecule has 1 atom stereocenters.